The van der Waals surface area contributed by atoms with Crippen molar-refractivity contribution in [3.63, 3.8) is 0 Å². The Morgan fingerprint density at radius 1 is 1.04 bits per heavy atom. The molecular formula is C22H23FN2. The molecule has 0 saturated carbocycles. The van der Waals surface area contributed by atoms with E-state index in [1.54, 1.807) is 17.7 Å². The second-order valence-corrected chi connectivity index (χ2v) is 7.52. The molecule has 25 heavy (non-hydrogen) atoms. The lowest BCUT2D eigenvalue weighted by atomic mass is 9.97. The second kappa shape index (κ2) is 5.70. The molecule has 2 atom stereocenters. The van der Waals surface area contributed by atoms with Crippen molar-refractivity contribution in [1.29, 1.82) is 0 Å². The van der Waals surface area contributed by atoms with Crippen LogP contribution < -0.4 is 0 Å². The zero-order valence-corrected chi connectivity index (χ0v) is 14.6. The lowest BCUT2D eigenvalue weighted by Gasteiger charge is -2.32. The first-order valence-corrected chi connectivity index (χ1v) is 9.29. The highest BCUT2D eigenvalue weighted by Crippen LogP contribution is 2.46. The maximum atomic E-state index is 13.2. The van der Waals surface area contributed by atoms with Crippen LogP contribution in [0.2, 0.25) is 0 Å². The summed E-state index contributed by atoms with van der Waals surface area (Å²) in [5, 5.41) is 1.42. The van der Waals surface area contributed by atoms with Crippen molar-refractivity contribution in [3.8, 4) is 0 Å². The van der Waals surface area contributed by atoms with Crippen LogP contribution in [0.4, 0.5) is 4.39 Å². The summed E-state index contributed by atoms with van der Waals surface area (Å²) in [4.78, 5) is 2.58. The summed E-state index contributed by atoms with van der Waals surface area (Å²) in [5.74, 6) is -0.160. The van der Waals surface area contributed by atoms with Crippen molar-refractivity contribution < 1.29 is 4.39 Å². The van der Waals surface area contributed by atoms with Gasteiger partial charge in [0.25, 0.3) is 0 Å². The maximum Gasteiger partial charge on any atom is 0.123 e. The summed E-state index contributed by atoms with van der Waals surface area (Å²) in [7, 11) is 2.29. The molecule has 0 aliphatic carbocycles. The first-order chi connectivity index (χ1) is 12.2. The molecule has 2 aliphatic rings. The van der Waals surface area contributed by atoms with Crippen molar-refractivity contribution in [3.05, 3.63) is 71.2 Å². The Balaban J connectivity index is 1.57. The third-order valence-corrected chi connectivity index (χ3v) is 6.26. The molecule has 2 aliphatic heterocycles. The molecule has 3 aromatic rings. The van der Waals surface area contributed by atoms with Gasteiger partial charge in [-0.15, -0.1) is 0 Å². The van der Waals surface area contributed by atoms with E-state index < -0.39 is 0 Å². The third kappa shape index (κ3) is 2.33. The number of halogens is 1. The van der Waals surface area contributed by atoms with Gasteiger partial charge in [0.2, 0.25) is 0 Å². The van der Waals surface area contributed by atoms with E-state index >= 15 is 0 Å². The molecule has 0 amide bonds. The molecule has 3 heteroatoms. The first-order valence-electron chi connectivity index (χ1n) is 9.29. The quantitative estimate of drug-likeness (QED) is 0.673. The summed E-state index contributed by atoms with van der Waals surface area (Å²) >= 11 is 0. The molecule has 5 rings (SSSR count). The molecule has 2 nitrogen and oxygen atoms in total. The Morgan fingerprint density at radius 2 is 1.84 bits per heavy atom. The average molecular weight is 334 g/mol. The normalized spacial score (nSPS) is 22.5. The lowest BCUT2D eigenvalue weighted by molar-refractivity contribution is 0.222. The molecule has 2 unspecified atom stereocenters. The summed E-state index contributed by atoms with van der Waals surface area (Å²) in [6.45, 7) is 0.963. The van der Waals surface area contributed by atoms with Crippen LogP contribution in [0.3, 0.4) is 0 Å². The largest absolute Gasteiger partial charge is 0.344 e. The summed E-state index contributed by atoms with van der Waals surface area (Å²) in [6.07, 6.45) is 4.68. The number of hydrogen-bond acceptors (Lipinski definition) is 1. The van der Waals surface area contributed by atoms with Crippen molar-refractivity contribution in [1.82, 2.24) is 9.47 Å². The van der Waals surface area contributed by atoms with Gasteiger partial charge in [0.05, 0.1) is 0 Å². The SMILES string of the molecule is CN1C2CCC1c1c(n(CCc3ccc(F)cc3)c3ccccc13)C2. The number of rotatable bonds is 3. The molecule has 1 aromatic heterocycles. The lowest BCUT2D eigenvalue weighted by Crippen LogP contribution is -2.34. The van der Waals surface area contributed by atoms with Crippen molar-refractivity contribution >= 4 is 10.9 Å². The number of fused-ring (bicyclic) bond motifs is 6. The minimum atomic E-state index is -0.160. The smallest absolute Gasteiger partial charge is 0.123 e. The fraction of sp³-hybridized carbons (Fsp3) is 0.364. The Hall–Kier alpha value is -2.13. The van der Waals surface area contributed by atoms with Crippen molar-refractivity contribution in [2.24, 2.45) is 0 Å². The minimum Gasteiger partial charge on any atom is -0.344 e. The van der Waals surface area contributed by atoms with E-state index in [2.05, 4.69) is 40.8 Å². The third-order valence-electron chi connectivity index (χ3n) is 6.26. The van der Waals surface area contributed by atoms with E-state index in [1.807, 2.05) is 12.1 Å². The van der Waals surface area contributed by atoms with E-state index in [9.17, 15) is 4.39 Å². The standard InChI is InChI=1S/C22H23FN2/c1-24-17-10-11-20(24)22-18-4-2-3-5-19(18)25(21(22)14-17)13-12-15-6-8-16(23)9-7-15/h2-9,17,20H,10-14H2,1H3. The van der Waals surface area contributed by atoms with Gasteiger partial charge in [0, 0.05) is 41.6 Å². The van der Waals surface area contributed by atoms with Gasteiger partial charge < -0.3 is 4.57 Å². The molecule has 1 fully saturated rings. The van der Waals surface area contributed by atoms with Crippen LogP contribution in [-0.4, -0.2) is 22.6 Å². The Labute approximate surface area is 147 Å². The fourth-order valence-corrected chi connectivity index (χ4v) is 4.95. The Kier molecular flexibility index (Phi) is 3.46. The minimum absolute atomic E-state index is 0.160. The van der Waals surface area contributed by atoms with E-state index in [1.165, 1.54) is 35.0 Å². The number of aryl methyl sites for hydroxylation is 2. The molecule has 2 aromatic carbocycles. The monoisotopic (exact) mass is 334 g/mol. The van der Waals surface area contributed by atoms with Gasteiger partial charge >= 0.3 is 0 Å². The van der Waals surface area contributed by atoms with Gasteiger partial charge in [-0.1, -0.05) is 30.3 Å². The zero-order valence-electron chi connectivity index (χ0n) is 14.6. The number of aromatic nitrogens is 1. The van der Waals surface area contributed by atoms with Crippen LogP contribution in [0.1, 0.15) is 35.7 Å². The fourth-order valence-electron chi connectivity index (χ4n) is 4.95. The number of nitrogens with zero attached hydrogens (tertiary/aromatic N) is 2. The second-order valence-electron chi connectivity index (χ2n) is 7.52. The van der Waals surface area contributed by atoms with Gasteiger partial charge in [-0.2, -0.15) is 0 Å². The van der Waals surface area contributed by atoms with Gasteiger partial charge in [0.1, 0.15) is 5.82 Å². The molecule has 1 saturated heterocycles. The van der Waals surface area contributed by atoms with E-state index in [0.717, 1.165) is 19.4 Å². The van der Waals surface area contributed by atoms with E-state index in [-0.39, 0.29) is 5.82 Å². The highest BCUT2D eigenvalue weighted by molar-refractivity contribution is 5.86. The Morgan fingerprint density at radius 3 is 2.68 bits per heavy atom. The van der Waals surface area contributed by atoms with Crippen LogP contribution >= 0.6 is 0 Å². The van der Waals surface area contributed by atoms with Crippen LogP contribution in [0.5, 0.6) is 0 Å². The Bertz CT molecular complexity index is 925. The predicted molar refractivity (Wildman–Crippen MR) is 99.3 cm³/mol. The first kappa shape index (κ1) is 15.2. The molecule has 2 bridgehead atoms. The summed E-state index contributed by atoms with van der Waals surface area (Å²) in [6, 6.07) is 17.0. The van der Waals surface area contributed by atoms with Crippen LogP contribution in [0, 0.1) is 5.82 Å². The van der Waals surface area contributed by atoms with Crippen molar-refractivity contribution in [2.75, 3.05) is 7.05 Å². The average Bonchev–Trinajstić information content (AvgIpc) is 3.05. The maximum absolute atomic E-state index is 13.2. The highest BCUT2D eigenvalue weighted by atomic mass is 19.1. The zero-order chi connectivity index (χ0) is 17.0. The van der Waals surface area contributed by atoms with E-state index in [4.69, 9.17) is 0 Å². The van der Waals surface area contributed by atoms with Gasteiger partial charge in [-0.3, -0.25) is 4.90 Å². The number of likely N-dealkylation sites (N-methyl/N-ethyl adjacent to an activating group) is 1. The molecule has 128 valence electrons. The van der Waals surface area contributed by atoms with Crippen LogP contribution in [0.25, 0.3) is 10.9 Å². The number of hydrogen-bond donors (Lipinski definition) is 0. The molecule has 0 N–H and O–H groups in total. The summed E-state index contributed by atoms with van der Waals surface area (Å²) < 4.78 is 15.7. The van der Waals surface area contributed by atoms with Gasteiger partial charge in [0.15, 0.2) is 0 Å². The molecular weight excluding hydrogens is 311 g/mol. The molecule has 3 heterocycles. The van der Waals surface area contributed by atoms with Gasteiger partial charge in [-0.25, -0.2) is 4.39 Å². The van der Waals surface area contributed by atoms with Crippen molar-refractivity contribution in [2.45, 2.75) is 44.3 Å². The predicted octanol–water partition coefficient (Wildman–Crippen LogP) is 4.71. The molecule has 0 radical (unpaired) electrons. The van der Waals surface area contributed by atoms with Gasteiger partial charge in [-0.05, 0) is 55.6 Å². The van der Waals surface area contributed by atoms with Crippen LogP contribution in [-0.2, 0) is 19.4 Å². The topological polar surface area (TPSA) is 8.17 Å². The van der Waals surface area contributed by atoms with E-state index in [0.29, 0.717) is 12.1 Å². The number of benzene rings is 2. The van der Waals surface area contributed by atoms with Crippen LogP contribution in [0.15, 0.2) is 48.5 Å². The number of para-hydroxylation sites is 1. The highest BCUT2D eigenvalue weighted by Gasteiger charge is 2.40. The summed E-state index contributed by atoms with van der Waals surface area (Å²) in [5.41, 5.74) is 5.65. The molecule has 0 spiro atoms.